The van der Waals surface area contributed by atoms with Crippen molar-refractivity contribution in [3.05, 3.63) is 35.9 Å². The molecule has 0 bridgehead atoms. The van der Waals surface area contributed by atoms with Crippen LogP contribution in [0.5, 0.6) is 11.5 Å². The summed E-state index contributed by atoms with van der Waals surface area (Å²) >= 11 is 0. The summed E-state index contributed by atoms with van der Waals surface area (Å²) in [5.74, 6) is 2.33. The minimum atomic E-state index is 0.360. The second kappa shape index (κ2) is 3.61. The van der Waals surface area contributed by atoms with Crippen molar-refractivity contribution in [3.8, 4) is 11.5 Å². The van der Waals surface area contributed by atoms with E-state index in [4.69, 9.17) is 9.47 Å². The van der Waals surface area contributed by atoms with Crippen LogP contribution >= 0.6 is 0 Å². The Bertz CT molecular complexity index is 396. The minimum Gasteiger partial charge on any atom is -0.454 e. The monoisotopic (exact) mass is 202 g/mol. The molecule has 1 aromatic rings. The maximum atomic E-state index is 5.38. The van der Waals surface area contributed by atoms with Gasteiger partial charge in [0.25, 0.3) is 0 Å². The number of ether oxygens (including phenoxy) is 2. The van der Waals surface area contributed by atoms with E-state index >= 15 is 0 Å². The summed E-state index contributed by atoms with van der Waals surface area (Å²) in [7, 11) is 0. The van der Waals surface area contributed by atoms with Crippen molar-refractivity contribution in [1.29, 1.82) is 0 Å². The fraction of sp³-hybridized carbons (Fsp3) is 0.385. The van der Waals surface area contributed by atoms with Gasteiger partial charge in [-0.25, -0.2) is 0 Å². The van der Waals surface area contributed by atoms with Crippen LogP contribution in [0.15, 0.2) is 30.4 Å². The van der Waals surface area contributed by atoms with Gasteiger partial charge < -0.3 is 9.47 Å². The third-order valence-electron chi connectivity index (χ3n) is 3.08. The molecule has 78 valence electrons. The molecule has 0 saturated heterocycles. The number of rotatable bonds is 1. The average molecular weight is 202 g/mol. The van der Waals surface area contributed by atoms with Gasteiger partial charge in [-0.15, -0.1) is 0 Å². The SMILES string of the molecule is C1=CC(c2ccc3c(c2)OCO3)CCC1. The van der Waals surface area contributed by atoms with Crippen LogP contribution in [0.25, 0.3) is 0 Å². The molecule has 0 spiro atoms. The van der Waals surface area contributed by atoms with Crippen molar-refractivity contribution in [2.75, 3.05) is 6.79 Å². The molecule has 2 heteroatoms. The highest BCUT2D eigenvalue weighted by molar-refractivity contribution is 5.46. The van der Waals surface area contributed by atoms with Gasteiger partial charge in [0.15, 0.2) is 11.5 Å². The standard InChI is InChI=1S/C13H14O2/c1-2-4-10(5-3-1)11-6-7-12-13(8-11)15-9-14-12/h2,4,6-8,10H,1,3,5,9H2. The molecule has 1 aliphatic heterocycles. The Hall–Kier alpha value is -1.44. The van der Waals surface area contributed by atoms with E-state index in [-0.39, 0.29) is 0 Å². The summed E-state index contributed by atoms with van der Waals surface area (Å²) in [4.78, 5) is 0. The van der Waals surface area contributed by atoms with Gasteiger partial charge in [-0.2, -0.15) is 0 Å². The van der Waals surface area contributed by atoms with E-state index in [0.717, 1.165) is 11.5 Å². The van der Waals surface area contributed by atoms with Gasteiger partial charge in [-0.05, 0) is 37.0 Å². The molecule has 15 heavy (non-hydrogen) atoms. The maximum Gasteiger partial charge on any atom is 0.231 e. The molecule has 0 fully saturated rings. The molecule has 0 N–H and O–H groups in total. The summed E-state index contributed by atoms with van der Waals surface area (Å²) in [6, 6.07) is 6.27. The van der Waals surface area contributed by atoms with Gasteiger partial charge in [0.2, 0.25) is 6.79 Å². The number of hydrogen-bond donors (Lipinski definition) is 0. The van der Waals surface area contributed by atoms with Gasteiger partial charge in [-0.1, -0.05) is 18.2 Å². The van der Waals surface area contributed by atoms with E-state index < -0.39 is 0 Å². The molecular weight excluding hydrogens is 188 g/mol. The second-order valence-corrected chi connectivity index (χ2v) is 4.08. The fourth-order valence-electron chi connectivity index (χ4n) is 2.23. The molecule has 0 aromatic heterocycles. The zero-order chi connectivity index (χ0) is 10.1. The zero-order valence-corrected chi connectivity index (χ0v) is 8.61. The highest BCUT2D eigenvalue weighted by Crippen LogP contribution is 2.37. The molecule has 0 amide bonds. The summed E-state index contributed by atoms with van der Waals surface area (Å²) < 4.78 is 10.7. The highest BCUT2D eigenvalue weighted by atomic mass is 16.7. The normalized spacial score (nSPS) is 23.1. The van der Waals surface area contributed by atoms with E-state index in [2.05, 4.69) is 24.3 Å². The quantitative estimate of drug-likeness (QED) is 0.651. The van der Waals surface area contributed by atoms with Gasteiger partial charge >= 0.3 is 0 Å². The molecule has 1 aliphatic carbocycles. The van der Waals surface area contributed by atoms with Gasteiger partial charge in [-0.3, -0.25) is 0 Å². The average Bonchev–Trinajstić information content (AvgIpc) is 2.77. The third-order valence-corrected chi connectivity index (χ3v) is 3.08. The number of benzene rings is 1. The van der Waals surface area contributed by atoms with E-state index in [0.29, 0.717) is 12.7 Å². The number of fused-ring (bicyclic) bond motifs is 1. The lowest BCUT2D eigenvalue weighted by molar-refractivity contribution is 0.174. The van der Waals surface area contributed by atoms with Crippen LogP contribution in [0.1, 0.15) is 30.7 Å². The van der Waals surface area contributed by atoms with Crippen molar-refractivity contribution in [2.45, 2.75) is 25.2 Å². The van der Waals surface area contributed by atoms with E-state index in [9.17, 15) is 0 Å². The number of hydrogen-bond acceptors (Lipinski definition) is 2. The Labute approximate surface area is 89.5 Å². The van der Waals surface area contributed by atoms with Crippen molar-refractivity contribution < 1.29 is 9.47 Å². The van der Waals surface area contributed by atoms with Crippen molar-refractivity contribution >= 4 is 0 Å². The van der Waals surface area contributed by atoms with Crippen LogP contribution in [-0.4, -0.2) is 6.79 Å². The predicted molar refractivity (Wildman–Crippen MR) is 58.3 cm³/mol. The van der Waals surface area contributed by atoms with Crippen molar-refractivity contribution in [1.82, 2.24) is 0 Å². The molecular formula is C13H14O2. The lowest BCUT2D eigenvalue weighted by Crippen LogP contribution is -1.98. The fourth-order valence-corrected chi connectivity index (χ4v) is 2.23. The van der Waals surface area contributed by atoms with Crippen LogP contribution in [-0.2, 0) is 0 Å². The van der Waals surface area contributed by atoms with Crippen LogP contribution in [0.2, 0.25) is 0 Å². The molecule has 2 nitrogen and oxygen atoms in total. The van der Waals surface area contributed by atoms with E-state index in [1.807, 2.05) is 6.07 Å². The third kappa shape index (κ3) is 1.60. The molecule has 1 heterocycles. The van der Waals surface area contributed by atoms with Gasteiger partial charge in [0.05, 0.1) is 0 Å². The van der Waals surface area contributed by atoms with Gasteiger partial charge in [0.1, 0.15) is 0 Å². The zero-order valence-electron chi connectivity index (χ0n) is 8.61. The molecule has 1 unspecified atom stereocenters. The Morgan fingerprint density at radius 2 is 2.07 bits per heavy atom. The summed E-state index contributed by atoms with van der Waals surface area (Å²) in [6.45, 7) is 0.360. The molecule has 3 rings (SSSR count). The Morgan fingerprint density at radius 3 is 2.93 bits per heavy atom. The first-order chi connectivity index (χ1) is 7.43. The largest absolute Gasteiger partial charge is 0.454 e. The lowest BCUT2D eigenvalue weighted by atomic mass is 9.89. The van der Waals surface area contributed by atoms with Crippen molar-refractivity contribution in [3.63, 3.8) is 0 Å². The van der Waals surface area contributed by atoms with E-state index in [1.165, 1.54) is 24.8 Å². The Morgan fingerprint density at radius 1 is 1.13 bits per heavy atom. The van der Waals surface area contributed by atoms with Crippen LogP contribution in [0.4, 0.5) is 0 Å². The first kappa shape index (κ1) is 8.84. The van der Waals surface area contributed by atoms with Gasteiger partial charge in [0, 0.05) is 5.92 Å². The molecule has 0 radical (unpaired) electrons. The molecule has 1 atom stereocenters. The summed E-state index contributed by atoms with van der Waals surface area (Å²) in [5, 5.41) is 0. The smallest absolute Gasteiger partial charge is 0.231 e. The topological polar surface area (TPSA) is 18.5 Å². The molecule has 0 saturated carbocycles. The first-order valence-electron chi connectivity index (χ1n) is 5.50. The molecule has 2 aliphatic rings. The van der Waals surface area contributed by atoms with Crippen LogP contribution in [0.3, 0.4) is 0 Å². The molecule has 1 aromatic carbocycles. The van der Waals surface area contributed by atoms with Crippen molar-refractivity contribution in [2.24, 2.45) is 0 Å². The van der Waals surface area contributed by atoms with E-state index in [1.54, 1.807) is 0 Å². The lowest BCUT2D eigenvalue weighted by Gasteiger charge is -2.16. The first-order valence-corrected chi connectivity index (χ1v) is 5.50. The Balaban J connectivity index is 1.92. The second-order valence-electron chi connectivity index (χ2n) is 4.08. The number of allylic oxidation sites excluding steroid dienone is 2. The summed E-state index contributed by atoms with van der Waals surface area (Å²) in [6.07, 6.45) is 8.34. The van der Waals surface area contributed by atoms with Crippen LogP contribution in [0, 0.1) is 0 Å². The van der Waals surface area contributed by atoms with Crippen LogP contribution < -0.4 is 9.47 Å². The highest BCUT2D eigenvalue weighted by Gasteiger charge is 2.17. The predicted octanol–water partition coefficient (Wildman–Crippen LogP) is 3.24. The Kier molecular flexibility index (Phi) is 2.13. The summed E-state index contributed by atoms with van der Waals surface area (Å²) in [5.41, 5.74) is 1.34. The maximum absolute atomic E-state index is 5.38. The minimum absolute atomic E-state index is 0.360.